The quantitative estimate of drug-likeness (QED) is 0.854. The van der Waals surface area contributed by atoms with Gasteiger partial charge in [0.2, 0.25) is 11.8 Å². The van der Waals surface area contributed by atoms with Gasteiger partial charge in [0.1, 0.15) is 18.2 Å². The Hall–Kier alpha value is -3.09. The minimum absolute atomic E-state index is 0.0390. The number of nitrogens with one attached hydrogen (secondary N) is 1. The standard InChI is InChI=1S/C19H16F2N2O3/c1-11(14-7-6-13(20)9-16(14)21)22-17(24)10-23-18(25)8-12-4-2-3-5-15(12)19(23)26/h2-7,9,11H,8,10H2,1H3,(H,22,24)/t11-/m1/s1. The number of rotatable bonds is 4. The molecule has 0 saturated carbocycles. The molecule has 26 heavy (non-hydrogen) atoms. The Labute approximate surface area is 148 Å². The van der Waals surface area contributed by atoms with E-state index in [2.05, 4.69) is 5.32 Å². The maximum Gasteiger partial charge on any atom is 0.261 e. The first-order valence-corrected chi connectivity index (χ1v) is 8.03. The number of hydrogen-bond donors (Lipinski definition) is 1. The minimum Gasteiger partial charge on any atom is -0.348 e. The second-order valence-electron chi connectivity index (χ2n) is 6.07. The van der Waals surface area contributed by atoms with E-state index in [1.54, 1.807) is 24.3 Å². The van der Waals surface area contributed by atoms with Crippen LogP contribution in [0.3, 0.4) is 0 Å². The Morgan fingerprint density at radius 2 is 1.92 bits per heavy atom. The average Bonchev–Trinajstić information content (AvgIpc) is 2.58. The van der Waals surface area contributed by atoms with Crippen LogP contribution in [0.25, 0.3) is 0 Å². The monoisotopic (exact) mass is 358 g/mol. The van der Waals surface area contributed by atoms with E-state index in [-0.39, 0.29) is 12.0 Å². The lowest BCUT2D eigenvalue weighted by atomic mass is 9.98. The maximum atomic E-state index is 13.8. The summed E-state index contributed by atoms with van der Waals surface area (Å²) in [7, 11) is 0. The van der Waals surface area contributed by atoms with Crippen molar-refractivity contribution in [1.29, 1.82) is 0 Å². The van der Waals surface area contributed by atoms with Crippen LogP contribution in [0.2, 0.25) is 0 Å². The van der Waals surface area contributed by atoms with Crippen LogP contribution in [-0.2, 0) is 16.0 Å². The fourth-order valence-corrected chi connectivity index (χ4v) is 2.92. The van der Waals surface area contributed by atoms with Crippen molar-refractivity contribution in [2.24, 2.45) is 0 Å². The van der Waals surface area contributed by atoms with Gasteiger partial charge in [-0.05, 0) is 24.6 Å². The summed E-state index contributed by atoms with van der Waals surface area (Å²) in [6.45, 7) is 1.07. The lowest BCUT2D eigenvalue weighted by Crippen LogP contribution is -2.47. The summed E-state index contributed by atoms with van der Waals surface area (Å²) >= 11 is 0. The lowest BCUT2D eigenvalue weighted by Gasteiger charge is -2.27. The summed E-state index contributed by atoms with van der Waals surface area (Å²) in [5.41, 5.74) is 1.12. The second kappa shape index (κ2) is 7.03. The number of hydrogen-bond acceptors (Lipinski definition) is 3. The summed E-state index contributed by atoms with van der Waals surface area (Å²) in [6, 6.07) is 9.04. The molecule has 0 fully saturated rings. The molecule has 0 bridgehead atoms. The summed E-state index contributed by atoms with van der Waals surface area (Å²) in [5.74, 6) is -3.11. The van der Waals surface area contributed by atoms with E-state index in [0.717, 1.165) is 17.0 Å². The van der Waals surface area contributed by atoms with Crippen LogP contribution in [0, 0.1) is 11.6 Å². The van der Waals surface area contributed by atoms with Crippen LogP contribution in [0.15, 0.2) is 42.5 Å². The van der Waals surface area contributed by atoms with Crippen molar-refractivity contribution in [1.82, 2.24) is 10.2 Å². The van der Waals surface area contributed by atoms with Crippen molar-refractivity contribution in [3.05, 3.63) is 70.8 Å². The van der Waals surface area contributed by atoms with E-state index in [1.807, 2.05) is 0 Å². The number of fused-ring (bicyclic) bond motifs is 1. The van der Waals surface area contributed by atoms with E-state index in [4.69, 9.17) is 0 Å². The largest absolute Gasteiger partial charge is 0.348 e. The summed E-state index contributed by atoms with van der Waals surface area (Å²) in [4.78, 5) is 37.7. The van der Waals surface area contributed by atoms with Gasteiger partial charge in [0.05, 0.1) is 12.5 Å². The normalized spacial score (nSPS) is 14.8. The molecule has 0 unspecified atom stereocenters. The Bertz CT molecular complexity index is 898. The number of imide groups is 1. The first kappa shape index (κ1) is 17.7. The van der Waals surface area contributed by atoms with Crippen molar-refractivity contribution in [3.63, 3.8) is 0 Å². The highest BCUT2D eigenvalue weighted by Crippen LogP contribution is 2.20. The van der Waals surface area contributed by atoms with Crippen molar-refractivity contribution in [3.8, 4) is 0 Å². The summed E-state index contributed by atoms with van der Waals surface area (Å²) in [6.07, 6.45) is 0.0390. The number of benzene rings is 2. The van der Waals surface area contributed by atoms with E-state index in [1.165, 1.54) is 13.0 Å². The van der Waals surface area contributed by atoms with Gasteiger partial charge in [-0.1, -0.05) is 24.3 Å². The molecule has 1 aliphatic rings. The van der Waals surface area contributed by atoms with Gasteiger partial charge in [-0.25, -0.2) is 8.78 Å². The SMILES string of the molecule is C[C@@H](NC(=O)CN1C(=O)Cc2ccccc2C1=O)c1ccc(F)cc1F. The number of carbonyl (C=O) groups is 3. The van der Waals surface area contributed by atoms with Crippen LogP contribution in [0.5, 0.6) is 0 Å². The minimum atomic E-state index is -0.781. The molecule has 2 aromatic carbocycles. The highest BCUT2D eigenvalue weighted by atomic mass is 19.1. The van der Waals surface area contributed by atoms with Crippen LogP contribution in [-0.4, -0.2) is 29.2 Å². The van der Waals surface area contributed by atoms with Gasteiger partial charge in [-0.3, -0.25) is 19.3 Å². The third-order valence-corrected chi connectivity index (χ3v) is 4.24. The predicted octanol–water partition coefficient (Wildman–Crippen LogP) is 2.37. The molecular formula is C19H16F2N2O3. The smallest absolute Gasteiger partial charge is 0.261 e. The molecule has 3 amide bonds. The molecule has 0 spiro atoms. The van der Waals surface area contributed by atoms with E-state index in [0.29, 0.717) is 11.1 Å². The van der Waals surface area contributed by atoms with Crippen molar-refractivity contribution in [2.75, 3.05) is 6.54 Å². The zero-order valence-electron chi connectivity index (χ0n) is 14.0. The molecule has 134 valence electrons. The van der Waals surface area contributed by atoms with Crippen LogP contribution in [0.1, 0.15) is 34.5 Å². The number of amides is 3. The molecule has 1 heterocycles. The Morgan fingerprint density at radius 1 is 1.19 bits per heavy atom. The molecule has 7 heteroatoms. The van der Waals surface area contributed by atoms with Gasteiger partial charge in [0.25, 0.3) is 5.91 Å². The first-order valence-electron chi connectivity index (χ1n) is 8.03. The van der Waals surface area contributed by atoms with Crippen molar-refractivity contribution in [2.45, 2.75) is 19.4 Å². The topological polar surface area (TPSA) is 66.5 Å². The van der Waals surface area contributed by atoms with E-state index >= 15 is 0 Å². The first-order chi connectivity index (χ1) is 12.4. The third-order valence-electron chi connectivity index (χ3n) is 4.24. The van der Waals surface area contributed by atoms with Crippen LogP contribution < -0.4 is 5.32 Å². The molecular weight excluding hydrogens is 342 g/mol. The molecule has 1 aliphatic heterocycles. The van der Waals surface area contributed by atoms with E-state index in [9.17, 15) is 23.2 Å². The fraction of sp³-hybridized carbons (Fsp3) is 0.211. The van der Waals surface area contributed by atoms with Gasteiger partial charge < -0.3 is 5.32 Å². The third kappa shape index (κ3) is 3.46. The van der Waals surface area contributed by atoms with Gasteiger partial charge in [-0.2, -0.15) is 0 Å². The van der Waals surface area contributed by atoms with Crippen molar-refractivity contribution < 1.29 is 23.2 Å². The average molecular weight is 358 g/mol. The zero-order valence-corrected chi connectivity index (χ0v) is 14.0. The molecule has 0 saturated heterocycles. The molecule has 0 radical (unpaired) electrons. The maximum absolute atomic E-state index is 13.8. The molecule has 1 atom stereocenters. The molecule has 2 aromatic rings. The van der Waals surface area contributed by atoms with Gasteiger partial charge in [0.15, 0.2) is 0 Å². The van der Waals surface area contributed by atoms with Gasteiger partial charge in [0, 0.05) is 17.2 Å². The zero-order chi connectivity index (χ0) is 18.8. The highest BCUT2D eigenvalue weighted by Gasteiger charge is 2.32. The lowest BCUT2D eigenvalue weighted by molar-refractivity contribution is -0.133. The summed E-state index contributed by atoms with van der Waals surface area (Å²) in [5, 5.41) is 2.52. The van der Waals surface area contributed by atoms with Crippen LogP contribution in [0.4, 0.5) is 8.78 Å². The molecule has 3 rings (SSSR count). The Kier molecular flexibility index (Phi) is 4.79. The number of nitrogens with zero attached hydrogens (tertiary/aromatic N) is 1. The molecule has 5 nitrogen and oxygen atoms in total. The fourth-order valence-electron chi connectivity index (χ4n) is 2.92. The highest BCUT2D eigenvalue weighted by molar-refractivity contribution is 6.11. The molecule has 0 aliphatic carbocycles. The van der Waals surface area contributed by atoms with Gasteiger partial charge in [-0.15, -0.1) is 0 Å². The summed E-state index contributed by atoms with van der Waals surface area (Å²) < 4.78 is 26.8. The van der Waals surface area contributed by atoms with E-state index < -0.39 is 41.9 Å². The number of carbonyl (C=O) groups excluding carboxylic acids is 3. The van der Waals surface area contributed by atoms with Gasteiger partial charge >= 0.3 is 0 Å². The Morgan fingerprint density at radius 3 is 2.65 bits per heavy atom. The molecule has 1 N–H and O–H groups in total. The predicted molar refractivity (Wildman–Crippen MR) is 89.1 cm³/mol. The number of halogens is 2. The van der Waals surface area contributed by atoms with Crippen LogP contribution >= 0.6 is 0 Å². The molecule has 0 aromatic heterocycles. The Balaban J connectivity index is 1.70. The second-order valence-corrected chi connectivity index (χ2v) is 6.07. The van der Waals surface area contributed by atoms with Crippen molar-refractivity contribution >= 4 is 17.7 Å².